The first-order valence-electron chi connectivity index (χ1n) is 6.12. The van der Waals surface area contributed by atoms with Crippen LogP contribution in [0.25, 0.3) is 0 Å². The molecule has 0 aliphatic carbocycles. The van der Waals surface area contributed by atoms with Gasteiger partial charge in [0.05, 0.1) is 5.56 Å². The third kappa shape index (κ3) is 4.59. The summed E-state index contributed by atoms with van der Waals surface area (Å²) >= 11 is 1.46. The fourth-order valence-electron chi connectivity index (χ4n) is 1.76. The van der Waals surface area contributed by atoms with Gasteiger partial charge in [-0.2, -0.15) is 0 Å². The van der Waals surface area contributed by atoms with Crippen LogP contribution in [0.3, 0.4) is 0 Å². The molecule has 4 nitrogen and oxygen atoms in total. The number of carboxylic acid groups (broad SMARTS) is 1. The lowest BCUT2D eigenvalue weighted by Crippen LogP contribution is -2.41. The second-order valence-electron chi connectivity index (χ2n) is 4.69. The Bertz CT molecular complexity index is 460. The van der Waals surface area contributed by atoms with Crippen LogP contribution in [-0.4, -0.2) is 29.3 Å². The Morgan fingerprint density at radius 2 is 1.95 bits per heavy atom. The molecule has 1 aromatic carbocycles. The quantitative estimate of drug-likeness (QED) is 0.787. The standard InChI is InChI=1S/C14H19NO3S/c1-9(2)8-11(14(17)18)15-13(16)10-6-4-5-7-12(10)19-3/h4-7,9,11H,8H2,1-3H3,(H,15,16)(H,17,18). The smallest absolute Gasteiger partial charge is 0.326 e. The van der Waals surface area contributed by atoms with Crippen LogP contribution < -0.4 is 5.32 Å². The molecule has 1 rings (SSSR count). The number of hydrogen-bond donors (Lipinski definition) is 2. The first kappa shape index (κ1) is 15.6. The summed E-state index contributed by atoms with van der Waals surface area (Å²) in [5.74, 6) is -1.13. The Morgan fingerprint density at radius 3 is 2.47 bits per heavy atom. The summed E-state index contributed by atoms with van der Waals surface area (Å²) in [7, 11) is 0. The van der Waals surface area contributed by atoms with Crippen LogP contribution in [-0.2, 0) is 4.79 Å². The van der Waals surface area contributed by atoms with E-state index in [2.05, 4.69) is 5.32 Å². The first-order valence-corrected chi connectivity index (χ1v) is 7.34. The third-order valence-electron chi connectivity index (χ3n) is 2.66. The zero-order chi connectivity index (χ0) is 14.4. The molecule has 1 unspecified atom stereocenters. The van der Waals surface area contributed by atoms with Crippen LogP contribution in [0.15, 0.2) is 29.2 Å². The number of rotatable bonds is 6. The number of carbonyl (C=O) groups excluding carboxylic acids is 1. The van der Waals surface area contributed by atoms with Crippen molar-refractivity contribution in [2.45, 2.75) is 31.2 Å². The third-order valence-corrected chi connectivity index (χ3v) is 3.46. The molecule has 0 spiro atoms. The van der Waals surface area contributed by atoms with Gasteiger partial charge < -0.3 is 10.4 Å². The molecular weight excluding hydrogens is 262 g/mol. The van der Waals surface area contributed by atoms with E-state index in [4.69, 9.17) is 5.11 Å². The first-order chi connectivity index (χ1) is 8.95. The summed E-state index contributed by atoms with van der Waals surface area (Å²) in [6.07, 6.45) is 2.30. The lowest BCUT2D eigenvalue weighted by molar-refractivity contribution is -0.139. The molecule has 19 heavy (non-hydrogen) atoms. The van der Waals surface area contributed by atoms with Crippen LogP contribution >= 0.6 is 11.8 Å². The van der Waals surface area contributed by atoms with Crippen molar-refractivity contribution in [3.8, 4) is 0 Å². The van der Waals surface area contributed by atoms with Crippen molar-refractivity contribution >= 4 is 23.6 Å². The Balaban J connectivity index is 2.84. The van der Waals surface area contributed by atoms with Gasteiger partial charge in [0, 0.05) is 4.90 Å². The maximum Gasteiger partial charge on any atom is 0.326 e. The van der Waals surface area contributed by atoms with Crippen LogP contribution in [0.1, 0.15) is 30.6 Å². The van der Waals surface area contributed by atoms with E-state index in [9.17, 15) is 9.59 Å². The van der Waals surface area contributed by atoms with E-state index >= 15 is 0 Å². The average Bonchev–Trinajstić information content (AvgIpc) is 2.37. The maximum atomic E-state index is 12.1. The van der Waals surface area contributed by atoms with Crippen molar-refractivity contribution in [2.24, 2.45) is 5.92 Å². The number of nitrogens with one attached hydrogen (secondary N) is 1. The maximum absolute atomic E-state index is 12.1. The van der Waals surface area contributed by atoms with Gasteiger partial charge in [-0.05, 0) is 30.7 Å². The minimum atomic E-state index is -0.997. The number of carboxylic acids is 1. The largest absolute Gasteiger partial charge is 0.480 e. The summed E-state index contributed by atoms with van der Waals surface area (Å²) in [5.41, 5.74) is 0.519. The summed E-state index contributed by atoms with van der Waals surface area (Å²) in [5, 5.41) is 11.7. The lowest BCUT2D eigenvalue weighted by Gasteiger charge is -2.17. The minimum absolute atomic E-state index is 0.206. The average molecular weight is 281 g/mol. The molecular formula is C14H19NO3S. The highest BCUT2D eigenvalue weighted by atomic mass is 32.2. The Kier molecular flexibility index (Phi) is 5.89. The Morgan fingerprint density at radius 1 is 1.32 bits per heavy atom. The fraction of sp³-hybridized carbons (Fsp3) is 0.429. The molecule has 0 fully saturated rings. The molecule has 5 heteroatoms. The number of amides is 1. The van der Waals surface area contributed by atoms with E-state index in [1.54, 1.807) is 12.1 Å². The van der Waals surface area contributed by atoms with Crippen molar-refractivity contribution in [1.29, 1.82) is 0 Å². The van der Waals surface area contributed by atoms with E-state index in [1.807, 2.05) is 32.2 Å². The molecule has 0 aliphatic rings. The molecule has 0 heterocycles. The number of carbonyl (C=O) groups is 2. The fourth-order valence-corrected chi connectivity index (χ4v) is 2.36. The zero-order valence-electron chi connectivity index (χ0n) is 11.3. The second kappa shape index (κ2) is 7.19. The highest BCUT2D eigenvalue weighted by Crippen LogP contribution is 2.20. The predicted octanol–water partition coefficient (Wildman–Crippen LogP) is 2.64. The zero-order valence-corrected chi connectivity index (χ0v) is 12.2. The summed E-state index contributed by atoms with van der Waals surface area (Å²) in [6, 6.07) is 6.33. The van der Waals surface area contributed by atoms with E-state index < -0.39 is 12.0 Å². The molecule has 1 atom stereocenters. The van der Waals surface area contributed by atoms with Crippen molar-refractivity contribution in [3.05, 3.63) is 29.8 Å². The van der Waals surface area contributed by atoms with Crippen LogP contribution in [0, 0.1) is 5.92 Å². The normalized spacial score (nSPS) is 12.2. The van der Waals surface area contributed by atoms with Gasteiger partial charge in [0.25, 0.3) is 5.91 Å². The highest BCUT2D eigenvalue weighted by Gasteiger charge is 2.22. The number of benzene rings is 1. The number of thioether (sulfide) groups is 1. The van der Waals surface area contributed by atoms with Crippen molar-refractivity contribution in [3.63, 3.8) is 0 Å². The summed E-state index contributed by atoms with van der Waals surface area (Å²) in [4.78, 5) is 24.1. The van der Waals surface area contributed by atoms with Gasteiger partial charge >= 0.3 is 5.97 Å². The van der Waals surface area contributed by atoms with Gasteiger partial charge in [0.15, 0.2) is 0 Å². The molecule has 104 valence electrons. The van der Waals surface area contributed by atoms with E-state index in [1.165, 1.54) is 11.8 Å². The molecule has 1 amide bonds. The molecule has 0 saturated carbocycles. The molecule has 2 N–H and O–H groups in total. The predicted molar refractivity (Wildman–Crippen MR) is 76.6 cm³/mol. The van der Waals surface area contributed by atoms with Gasteiger partial charge in [0.1, 0.15) is 6.04 Å². The molecule has 0 saturated heterocycles. The van der Waals surface area contributed by atoms with Crippen molar-refractivity contribution in [2.75, 3.05) is 6.26 Å². The Labute approximate surface area is 117 Å². The van der Waals surface area contributed by atoms with Gasteiger partial charge in [-0.25, -0.2) is 4.79 Å². The number of hydrogen-bond acceptors (Lipinski definition) is 3. The van der Waals surface area contributed by atoms with E-state index in [-0.39, 0.29) is 11.8 Å². The molecule has 0 aliphatic heterocycles. The van der Waals surface area contributed by atoms with Crippen LogP contribution in [0.5, 0.6) is 0 Å². The lowest BCUT2D eigenvalue weighted by atomic mass is 10.0. The Hall–Kier alpha value is -1.49. The molecule has 0 radical (unpaired) electrons. The second-order valence-corrected chi connectivity index (χ2v) is 5.54. The van der Waals surface area contributed by atoms with Crippen LogP contribution in [0.2, 0.25) is 0 Å². The van der Waals surface area contributed by atoms with Gasteiger partial charge in [-0.3, -0.25) is 4.79 Å². The molecule has 0 aromatic heterocycles. The van der Waals surface area contributed by atoms with Crippen molar-refractivity contribution < 1.29 is 14.7 Å². The van der Waals surface area contributed by atoms with E-state index in [0.717, 1.165) is 4.90 Å². The minimum Gasteiger partial charge on any atom is -0.480 e. The summed E-state index contributed by atoms with van der Waals surface area (Å²) in [6.45, 7) is 3.86. The van der Waals surface area contributed by atoms with E-state index in [0.29, 0.717) is 12.0 Å². The van der Waals surface area contributed by atoms with Gasteiger partial charge in [0.2, 0.25) is 0 Å². The van der Waals surface area contributed by atoms with Gasteiger partial charge in [-0.1, -0.05) is 26.0 Å². The molecule has 1 aromatic rings. The monoisotopic (exact) mass is 281 g/mol. The molecule has 0 bridgehead atoms. The summed E-state index contributed by atoms with van der Waals surface area (Å²) < 4.78 is 0. The van der Waals surface area contributed by atoms with Gasteiger partial charge in [-0.15, -0.1) is 11.8 Å². The highest BCUT2D eigenvalue weighted by molar-refractivity contribution is 7.98. The van der Waals surface area contributed by atoms with Crippen LogP contribution in [0.4, 0.5) is 0 Å². The topological polar surface area (TPSA) is 66.4 Å². The van der Waals surface area contributed by atoms with Crippen molar-refractivity contribution in [1.82, 2.24) is 5.32 Å². The SMILES string of the molecule is CSc1ccccc1C(=O)NC(CC(C)C)C(=O)O. The number of aliphatic carboxylic acids is 1.